The van der Waals surface area contributed by atoms with Crippen molar-refractivity contribution in [3.05, 3.63) is 34.9 Å². The second kappa shape index (κ2) is 8.91. The van der Waals surface area contributed by atoms with E-state index in [0.29, 0.717) is 12.1 Å². The Morgan fingerprint density at radius 3 is 2.40 bits per heavy atom. The number of nitrogens with one attached hydrogen (secondary N) is 1. The predicted octanol–water partition coefficient (Wildman–Crippen LogP) is 4.28. The lowest BCUT2D eigenvalue weighted by molar-refractivity contribution is 0.155. The third kappa shape index (κ3) is 5.35. The van der Waals surface area contributed by atoms with Crippen molar-refractivity contribution in [3.8, 4) is 0 Å². The van der Waals surface area contributed by atoms with E-state index in [0.717, 1.165) is 50.3 Å². The number of benzene rings is 1. The average molecular weight is 364 g/mol. The van der Waals surface area contributed by atoms with Crippen LogP contribution in [0, 0.1) is 0 Å². The Morgan fingerprint density at radius 2 is 1.76 bits per heavy atom. The largest absolute Gasteiger partial charge is 0.335 e. The molecule has 2 fully saturated rings. The monoisotopic (exact) mass is 363 g/mol. The molecule has 4 nitrogen and oxygen atoms in total. The highest BCUT2D eigenvalue weighted by atomic mass is 35.5. The summed E-state index contributed by atoms with van der Waals surface area (Å²) in [5, 5.41) is 4.04. The van der Waals surface area contributed by atoms with Gasteiger partial charge in [-0.3, -0.25) is 4.90 Å². The van der Waals surface area contributed by atoms with Crippen LogP contribution in [0.15, 0.2) is 24.3 Å². The van der Waals surface area contributed by atoms with Crippen LogP contribution in [0.4, 0.5) is 4.79 Å². The summed E-state index contributed by atoms with van der Waals surface area (Å²) in [7, 11) is 1.96. The molecule has 1 heterocycles. The van der Waals surface area contributed by atoms with Crippen LogP contribution < -0.4 is 5.32 Å². The van der Waals surface area contributed by atoms with Crippen molar-refractivity contribution >= 4 is 17.6 Å². The number of piperidine rings is 1. The van der Waals surface area contributed by atoms with Gasteiger partial charge < -0.3 is 10.2 Å². The third-order valence-electron chi connectivity index (χ3n) is 5.68. The van der Waals surface area contributed by atoms with Crippen LogP contribution in [0.2, 0.25) is 5.02 Å². The van der Waals surface area contributed by atoms with Gasteiger partial charge in [-0.05, 0) is 43.4 Å². The van der Waals surface area contributed by atoms with Crippen molar-refractivity contribution in [2.75, 3.05) is 20.1 Å². The van der Waals surface area contributed by atoms with Crippen LogP contribution in [0.25, 0.3) is 0 Å². The maximum absolute atomic E-state index is 12.5. The number of carbonyl (C=O) groups excluding carboxylic acids is 1. The number of hydrogen-bond acceptors (Lipinski definition) is 2. The molecule has 1 aromatic rings. The first kappa shape index (κ1) is 18.5. The Balaban J connectivity index is 1.41. The zero-order valence-corrected chi connectivity index (χ0v) is 16.0. The molecule has 1 saturated heterocycles. The average Bonchev–Trinajstić information content (AvgIpc) is 2.65. The molecule has 138 valence electrons. The van der Waals surface area contributed by atoms with Crippen LogP contribution in [-0.4, -0.2) is 48.1 Å². The second-order valence-corrected chi connectivity index (χ2v) is 7.97. The normalized spacial score (nSPS) is 20.4. The quantitative estimate of drug-likeness (QED) is 0.866. The highest BCUT2D eigenvalue weighted by Gasteiger charge is 2.25. The minimum Gasteiger partial charge on any atom is -0.335 e. The van der Waals surface area contributed by atoms with Crippen molar-refractivity contribution in [2.45, 2.75) is 63.6 Å². The molecule has 3 rings (SSSR count). The van der Waals surface area contributed by atoms with Crippen LogP contribution in [0.5, 0.6) is 0 Å². The number of carbonyl (C=O) groups is 1. The Morgan fingerprint density at radius 1 is 1.12 bits per heavy atom. The van der Waals surface area contributed by atoms with Crippen LogP contribution >= 0.6 is 11.6 Å². The summed E-state index contributed by atoms with van der Waals surface area (Å²) in [5.74, 6) is 0. The molecule has 0 bridgehead atoms. The molecule has 0 unspecified atom stereocenters. The molecule has 0 radical (unpaired) electrons. The first-order valence-corrected chi connectivity index (χ1v) is 10.00. The van der Waals surface area contributed by atoms with Crippen LogP contribution in [0.1, 0.15) is 50.5 Å². The maximum atomic E-state index is 12.5. The van der Waals surface area contributed by atoms with Crippen molar-refractivity contribution in [1.82, 2.24) is 15.1 Å². The van der Waals surface area contributed by atoms with Crippen molar-refractivity contribution in [1.29, 1.82) is 0 Å². The summed E-state index contributed by atoms with van der Waals surface area (Å²) in [5.41, 5.74) is 1.30. The number of halogens is 1. The van der Waals surface area contributed by atoms with Crippen molar-refractivity contribution < 1.29 is 4.79 Å². The van der Waals surface area contributed by atoms with E-state index in [2.05, 4.69) is 22.3 Å². The summed E-state index contributed by atoms with van der Waals surface area (Å²) in [6.45, 7) is 3.02. The lowest BCUT2D eigenvalue weighted by Crippen LogP contribution is -2.50. The topological polar surface area (TPSA) is 35.6 Å². The molecular weight excluding hydrogens is 334 g/mol. The highest BCUT2D eigenvalue weighted by molar-refractivity contribution is 6.30. The number of likely N-dealkylation sites (tertiary alicyclic amines) is 1. The van der Waals surface area contributed by atoms with Gasteiger partial charge in [-0.15, -0.1) is 0 Å². The van der Waals surface area contributed by atoms with E-state index < -0.39 is 0 Å². The second-order valence-electron chi connectivity index (χ2n) is 7.53. The van der Waals surface area contributed by atoms with Gasteiger partial charge in [0.05, 0.1) is 0 Å². The van der Waals surface area contributed by atoms with Gasteiger partial charge in [0.15, 0.2) is 0 Å². The minimum atomic E-state index is 0.114. The standard InChI is InChI=1S/C20H30ClN3O/c1-23(19-5-3-2-4-6-19)20(25)22-18-11-13-24(14-12-18)15-16-7-9-17(21)10-8-16/h7-10,18-19H,2-6,11-15H2,1H3,(H,22,25). The Labute approximate surface area is 156 Å². The zero-order valence-electron chi connectivity index (χ0n) is 15.2. The molecule has 5 heteroatoms. The van der Waals surface area contributed by atoms with Gasteiger partial charge in [-0.2, -0.15) is 0 Å². The summed E-state index contributed by atoms with van der Waals surface area (Å²) in [6.07, 6.45) is 8.19. The molecule has 1 aliphatic carbocycles. The zero-order chi connectivity index (χ0) is 17.6. The molecule has 0 spiro atoms. The molecule has 25 heavy (non-hydrogen) atoms. The molecule has 2 amide bonds. The fourth-order valence-electron chi connectivity index (χ4n) is 3.99. The fraction of sp³-hybridized carbons (Fsp3) is 0.650. The SMILES string of the molecule is CN(C(=O)NC1CCN(Cc2ccc(Cl)cc2)CC1)C1CCCCC1. The van der Waals surface area contributed by atoms with E-state index in [1.165, 1.54) is 24.8 Å². The first-order chi connectivity index (χ1) is 12.1. The smallest absolute Gasteiger partial charge is 0.317 e. The Kier molecular flexibility index (Phi) is 6.60. The summed E-state index contributed by atoms with van der Waals surface area (Å²) in [4.78, 5) is 16.9. The van der Waals surface area contributed by atoms with Gasteiger partial charge in [0, 0.05) is 43.8 Å². The van der Waals surface area contributed by atoms with Gasteiger partial charge in [-0.25, -0.2) is 4.79 Å². The summed E-state index contributed by atoms with van der Waals surface area (Å²) < 4.78 is 0. The van der Waals surface area contributed by atoms with Gasteiger partial charge in [0.1, 0.15) is 0 Å². The van der Waals surface area contributed by atoms with Crippen LogP contribution in [0.3, 0.4) is 0 Å². The predicted molar refractivity (Wildman–Crippen MR) is 103 cm³/mol. The third-order valence-corrected chi connectivity index (χ3v) is 5.93. The van der Waals surface area contributed by atoms with E-state index in [1.54, 1.807) is 0 Å². The van der Waals surface area contributed by atoms with Crippen molar-refractivity contribution in [2.24, 2.45) is 0 Å². The molecule has 0 aromatic heterocycles. The van der Waals surface area contributed by atoms with Gasteiger partial charge in [0.25, 0.3) is 0 Å². The van der Waals surface area contributed by atoms with Crippen molar-refractivity contribution in [3.63, 3.8) is 0 Å². The molecule has 2 aliphatic rings. The molecule has 1 aliphatic heterocycles. The van der Waals surface area contributed by atoms with E-state index in [9.17, 15) is 4.79 Å². The number of urea groups is 1. The highest BCUT2D eigenvalue weighted by Crippen LogP contribution is 2.22. The molecule has 1 N–H and O–H groups in total. The van der Waals surface area contributed by atoms with E-state index >= 15 is 0 Å². The Hall–Kier alpha value is -1.26. The number of nitrogens with zero attached hydrogens (tertiary/aromatic N) is 2. The summed E-state index contributed by atoms with van der Waals surface area (Å²) >= 11 is 5.95. The fourth-order valence-corrected chi connectivity index (χ4v) is 4.12. The number of amides is 2. The molecule has 0 atom stereocenters. The van der Waals surface area contributed by atoms with Gasteiger partial charge in [-0.1, -0.05) is 43.0 Å². The van der Waals surface area contributed by atoms with E-state index in [1.807, 2.05) is 24.1 Å². The van der Waals surface area contributed by atoms with Crippen LogP contribution in [-0.2, 0) is 6.54 Å². The molecule has 1 aromatic carbocycles. The Bertz CT molecular complexity index is 549. The van der Waals surface area contributed by atoms with Gasteiger partial charge >= 0.3 is 6.03 Å². The van der Waals surface area contributed by atoms with E-state index in [-0.39, 0.29) is 6.03 Å². The molecular formula is C20H30ClN3O. The lowest BCUT2D eigenvalue weighted by atomic mass is 9.94. The summed E-state index contributed by atoms with van der Waals surface area (Å²) in [6, 6.07) is 8.93. The lowest BCUT2D eigenvalue weighted by Gasteiger charge is -2.35. The minimum absolute atomic E-state index is 0.114. The number of hydrogen-bond donors (Lipinski definition) is 1. The van der Waals surface area contributed by atoms with Gasteiger partial charge in [0.2, 0.25) is 0 Å². The van der Waals surface area contributed by atoms with E-state index in [4.69, 9.17) is 11.6 Å². The first-order valence-electron chi connectivity index (χ1n) is 9.62. The molecule has 1 saturated carbocycles. The maximum Gasteiger partial charge on any atom is 0.317 e. The number of rotatable bonds is 4.